The van der Waals surface area contributed by atoms with Crippen LogP contribution in [0.1, 0.15) is 22.3 Å². The van der Waals surface area contributed by atoms with Crippen molar-refractivity contribution in [1.29, 1.82) is 0 Å². The van der Waals surface area contributed by atoms with E-state index in [0.29, 0.717) is 0 Å². The Bertz CT molecular complexity index is 3860. The molecular weight excluding hydrogens is 833 g/mol. The van der Waals surface area contributed by atoms with E-state index in [0.717, 1.165) is 55.9 Å². The van der Waals surface area contributed by atoms with Crippen molar-refractivity contribution in [2.24, 2.45) is 0 Å². The van der Waals surface area contributed by atoms with Gasteiger partial charge in [-0.25, -0.2) is 0 Å². The standard InChI is InChI=1S/C63H40N2OS/c1-3-16-41(17-4-1)42-30-32-43(33-31-42)44-34-37-59-50(38-44)58(40-66-59)65(57-27-15-26-56-62(57)49-21-8-12-25-55(49)64(56)45-18-5-2-6-19-45)46-35-36-48-47-20-7-9-22-51(47)63(54(48)39-46)52-23-10-13-28-60(52)67-61-29-14-11-24-53(61)63/h1-40H. The minimum absolute atomic E-state index is 0.529. The second-order valence-corrected chi connectivity index (χ2v) is 18.7. The van der Waals surface area contributed by atoms with Crippen LogP contribution in [0.15, 0.2) is 257 Å². The lowest BCUT2D eigenvalue weighted by Gasteiger charge is -2.40. The second-order valence-electron chi connectivity index (χ2n) is 17.6. The normalized spacial score (nSPS) is 13.1. The first-order valence-corrected chi connectivity index (χ1v) is 23.7. The number of para-hydroxylation sites is 2. The van der Waals surface area contributed by atoms with E-state index in [2.05, 4.69) is 246 Å². The van der Waals surface area contributed by atoms with Crippen molar-refractivity contribution in [1.82, 2.24) is 4.57 Å². The van der Waals surface area contributed by atoms with Gasteiger partial charge in [0.25, 0.3) is 0 Å². The molecular formula is C63H40N2OS. The first kappa shape index (κ1) is 38.0. The van der Waals surface area contributed by atoms with Crippen LogP contribution in [0.2, 0.25) is 0 Å². The van der Waals surface area contributed by atoms with Crippen LogP contribution < -0.4 is 4.90 Å². The van der Waals surface area contributed by atoms with E-state index in [1.165, 1.54) is 65.1 Å². The van der Waals surface area contributed by atoms with Crippen molar-refractivity contribution in [3.63, 3.8) is 0 Å². The number of fused-ring (bicyclic) bond motifs is 13. The Morgan fingerprint density at radius 1 is 0.403 bits per heavy atom. The number of benzene rings is 10. The van der Waals surface area contributed by atoms with E-state index in [9.17, 15) is 0 Å². The van der Waals surface area contributed by atoms with Gasteiger partial charge in [-0.15, -0.1) is 0 Å². The molecule has 1 aliphatic heterocycles. The fraction of sp³-hybridized carbons (Fsp3) is 0.0159. The second kappa shape index (κ2) is 14.9. The molecule has 2 aliphatic rings. The van der Waals surface area contributed by atoms with Crippen LogP contribution in [0.4, 0.5) is 17.1 Å². The van der Waals surface area contributed by atoms with Crippen LogP contribution in [0.25, 0.3) is 71.8 Å². The van der Waals surface area contributed by atoms with Gasteiger partial charge in [0.05, 0.1) is 27.8 Å². The molecule has 0 N–H and O–H groups in total. The Kier molecular flexibility index (Phi) is 8.43. The zero-order valence-corrected chi connectivity index (χ0v) is 37.1. The summed E-state index contributed by atoms with van der Waals surface area (Å²) in [6.07, 6.45) is 1.96. The van der Waals surface area contributed by atoms with Crippen LogP contribution in [-0.4, -0.2) is 4.57 Å². The molecule has 1 spiro atoms. The number of nitrogens with zero attached hydrogens (tertiary/aromatic N) is 2. The molecule has 0 bridgehead atoms. The summed E-state index contributed by atoms with van der Waals surface area (Å²) < 4.78 is 9.01. The fourth-order valence-corrected chi connectivity index (χ4v) is 12.5. The molecule has 0 saturated heterocycles. The summed E-state index contributed by atoms with van der Waals surface area (Å²) >= 11 is 1.88. The number of anilines is 3. The highest BCUT2D eigenvalue weighted by Crippen LogP contribution is 2.63. The lowest BCUT2D eigenvalue weighted by atomic mass is 9.67. The molecule has 10 aromatic carbocycles. The lowest BCUT2D eigenvalue weighted by Crippen LogP contribution is -2.32. The molecule has 0 fully saturated rings. The summed E-state index contributed by atoms with van der Waals surface area (Å²) in [5.74, 6) is 0. The molecule has 14 rings (SSSR count). The monoisotopic (exact) mass is 872 g/mol. The maximum Gasteiger partial charge on any atom is 0.136 e. The van der Waals surface area contributed by atoms with E-state index >= 15 is 0 Å². The third-order valence-electron chi connectivity index (χ3n) is 14.1. The molecule has 0 amide bonds. The molecule has 314 valence electrons. The Balaban J connectivity index is 1.04. The van der Waals surface area contributed by atoms with Crippen LogP contribution in [0, 0.1) is 0 Å². The summed E-state index contributed by atoms with van der Waals surface area (Å²) in [7, 11) is 0. The van der Waals surface area contributed by atoms with Crippen LogP contribution in [-0.2, 0) is 5.41 Å². The topological polar surface area (TPSA) is 21.3 Å². The largest absolute Gasteiger partial charge is 0.462 e. The average molecular weight is 873 g/mol. The third-order valence-corrected chi connectivity index (χ3v) is 15.3. The van der Waals surface area contributed by atoms with Gasteiger partial charge in [-0.2, -0.15) is 0 Å². The van der Waals surface area contributed by atoms with Gasteiger partial charge in [-0.05, 0) is 122 Å². The van der Waals surface area contributed by atoms with Gasteiger partial charge in [-0.3, -0.25) is 0 Å². The SMILES string of the molecule is c1ccc(-c2ccc(-c3ccc4occ(N(c5ccc6c(c5)C5(c7ccccc7Sc7ccccc75)c5ccccc5-6)c5cccc6c5c5ccccc5n6-c5ccccc5)c4c3)cc2)cc1. The van der Waals surface area contributed by atoms with Crippen molar-refractivity contribution in [3.05, 3.63) is 265 Å². The minimum atomic E-state index is -0.529. The fourth-order valence-electron chi connectivity index (χ4n) is 11.3. The summed E-state index contributed by atoms with van der Waals surface area (Å²) in [5.41, 5.74) is 19.3. The maximum atomic E-state index is 6.61. The van der Waals surface area contributed by atoms with E-state index in [1.54, 1.807) is 0 Å². The zero-order chi connectivity index (χ0) is 44.1. The van der Waals surface area contributed by atoms with Gasteiger partial charge in [0.2, 0.25) is 0 Å². The molecule has 0 atom stereocenters. The smallest absolute Gasteiger partial charge is 0.136 e. The predicted octanol–water partition coefficient (Wildman–Crippen LogP) is 17.2. The van der Waals surface area contributed by atoms with Crippen molar-refractivity contribution in [3.8, 4) is 39.1 Å². The molecule has 4 heteroatoms. The molecule has 0 unspecified atom stereocenters. The van der Waals surface area contributed by atoms with Crippen molar-refractivity contribution in [2.45, 2.75) is 15.2 Å². The molecule has 12 aromatic rings. The number of furan rings is 1. The van der Waals surface area contributed by atoms with Crippen LogP contribution in [0.3, 0.4) is 0 Å². The molecule has 1 aliphatic carbocycles. The quantitative estimate of drug-likeness (QED) is 0.166. The first-order chi connectivity index (χ1) is 33.2. The Morgan fingerprint density at radius 2 is 1.00 bits per heavy atom. The minimum Gasteiger partial charge on any atom is -0.462 e. The van der Waals surface area contributed by atoms with E-state index in [-0.39, 0.29) is 0 Å². The predicted molar refractivity (Wildman–Crippen MR) is 278 cm³/mol. The zero-order valence-electron chi connectivity index (χ0n) is 36.3. The summed E-state index contributed by atoms with van der Waals surface area (Å²) in [6.45, 7) is 0. The number of hydrogen-bond donors (Lipinski definition) is 0. The molecule has 67 heavy (non-hydrogen) atoms. The van der Waals surface area contributed by atoms with Gasteiger partial charge < -0.3 is 13.9 Å². The van der Waals surface area contributed by atoms with E-state index in [4.69, 9.17) is 4.42 Å². The Labute approximate surface area is 392 Å². The van der Waals surface area contributed by atoms with Crippen molar-refractivity contribution >= 4 is 61.6 Å². The molecule has 3 heterocycles. The maximum absolute atomic E-state index is 6.61. The molecule has 3 nitrogen and oxygen atoms in total. The van der Waals surface area contributed by atoms with Crippen LogP contribution in [0.5, 0.6) is 0 Å². The highest BCUT2D eigenvalue weighted by atomic mass is 32.2. The summed E-state index contributed by atoms with van der Waals surface area (Å²) in [4.78, 5) is 5.04. The highest BCUT2D eigenvalue weighted by molar-refractivity contribution is 7.99. The van der Waals surface area contributed by atoms with E-state index in [1.807, 2.05) is 18.0 Å². The Morgan fingerprint density at radius 3 is 1.78 bits per heavy atom. The molecule has 2 aromatic heterocycles. The van der Waals surface area contributed by atoms with Gasteiger partial charge in [0.15, 0.2) is 0 Å². The summed E-state index contributed by atoms with van der Waals surface area (Å²) in [6, 6.07) is 86.7. The van der Waals surface area contributed by atoms with Crippen LogP contribution >= 0.6 is 11.8 Å². The number of aromatic nitrogens is 1. The lowest BCUT2D eigenvalue weighted by molar-refractivity contribution is 0.616. The van der Waals surface area contributed by atoms with Crippen molar-refractivity contribution < 1.29 is 4.42 Å². The van der Waals surface area contributed by atoms with Crippen molar-refractivity contribution in [2.75, 3.05) is 4.90 Å². The summed E-state index contributed by atoms with van der Waals surface area (Å²) in [5, 5.41) is 3.40. The first-order valence-electron chi connectivity index (χ1n) is 22.9. The highest BCUT2D eigenvalue weighted by Gasteiger charge is 2.50. The van der Waals surface area contributed by atoms with Gasteiger partial charge in [-0.1, -0.05) is 182 Å². The third kappa shape index (κ3) is 5.60. The average Bonchev–Trinajstić information content (AvgIpc) is 4.06. The van der Waals surface area contributed by atoms with Gasteiger partial charge in [0.1, 0.15) is 11.8 Å². The Hall–Kier alpha value is -8.31. The number of hydrogen-bond acceptors (Lipinski definition) is 3. The van der Waals surface area contributed by atoms with Gasteiger partial charge in [0, 0.05) is 37.3 Å². The number of rotatable bonds is 6. The molecule has 0 saturated carbocycles. The van der Waals surface area contributed by atoms with E-state index < -0.39 is 5.41 Å². The van der Waals surface area contributed by atoms with Gasteiger partial charge >= 0.3 is 0 Å². The molecule has 0 radical (unpaired) electrons.